The van der Waals surface area contributed by atoms with Gasteiger partial charge in [-0.05, 0) is 17.7 Å². The molecule has 0 amide bonds. The van der Waals surface area contributed by atoms with Gasteiger partial charge in [-0.1, -0.05) is 54.7 Å². The minimum atomic E-state index is -3.46. The average molecular weight is 320 g/mol. The summed E-state index contributed by atoms with van der Waals surface area (Å²) in [5.74, 6) is -0.0539. The van der Waals surface area contributed by atoms with Crippen molar-refractivity contribution in [3.05, 3.63) is 65.7 Å². The van der Waals surface area contributed by atoms with Gasteiger partial charge in [0.2, 0.25) is 10.0 Å². The fourth-order valence-electron chi connectivity index (χ4n) is 1.90. The van der Waals surface area contributed by atoms with E-state index in [4.69, 9.17) is 18.0 Å². The minimum Gasteiger partial charge on any atom is -0.389 e. The van der Waals surface area contributed by atoms with Gasteiger partial charge in [0.05, 0.1) is 11.4 Å². The summed E-state index contributed by atoms with van der Waals surface area (Å²) >= 11 is 4.92. The lowest BCUT2D eigenvalue weighted by molar-refractivity contribution is 0.593. The number of anilines is 1. The Labute approximate surface area is 130 Å². The molecule has 0 fully saturated rings. The van der Waals surface area contributed by atoms with Crippen LogP contribution in [0.1, 0.15) is 11.1 Å². The molecule has 0 unspecified atom stereocenters. The average Bonchev–Trinajstić information content (AvgIpc) is 2.47. The topological polar surface area (TPSA) is 63.4 Å². The normalized spacial score (nSPS) is 11.1. The molecule has 110 valence electrons. The molecule has 0 aromatic heterocycles. The van der Waals surface area contributed by atoms with Crippen molar-refractivity contribution in [3.8, 4) is 0 Å². The third-order valence-corrected chi connectivity index (χ3v) is 5.08. The van der Waals surface area contributed by atoms with Crippen LogP contribution in [0.2, 0.25) is 0 Å². The number of hydrogen-bond acceptors (Lipinski definition) is 3. The highest BCUT2D eigenvalue weighted by atomic mass is 32.2. The molecule has 0 aliphatic carbocycles. The molecule has 0 bridgehead atoms. The highest BCUT2D eigenvalue weighted by molar-refractivity contribution is 7.92. The smallest absolute Gasteiger partial charge is 0.239 e. The predicted octanol–water partition coefficient (Wildman–Crippen LogP) is 2.29. The molecule has 2 aromatic rings. The van der Waals surface area contributed by atoms with E-state index in [9.17, 15) is 8.42 Å². The number of nitrogens with zero attached hydrogens (tertiary/aromatic N) is 1. The Bertz CT molecular complexity index is 743. The zero-order valence-electron chi connectivity index (χ0n) is 11.6. The van der Waals surface area contributed by atoms with Crippen molar-refractivity contribution in [2.24, 2.45) is 5.73 Å². The SMILES string of the molecule is CN(c1cccc(C(N)=S)c1)S(=O)(=O)Cc1ccccc1. The standard InChI is InChI=1S/C15H16N2O2S2/c1-17(14-9-5-8-13(10-14)15(16)20)21(18,19)11-12-6-3-2-4-7-12/h2-10H,11H2,1H3,(H2,16,20). The van der Waals surface area contributed by atoms with Gasteiger partial charge in [0, 0.05) is 12.6 Å². The van der Waals surface area contributed by atoms with Crippen LogP contribution >= 0.6 is 12.2 Å². The van der Waals surface area contributed by atoms with Gasteiger partial charge in [-0.2, -0.15) is 0 Å². The molecule has 0 saturated heterocycles. The van der Waals surface area contributed by atoms with E-state index < -0.39 is 10.0 Å². The molecule has 0 heterocycles. The van der Waals surface area contributed by atoms with Crippen molar-refractivity contribution >= 4 is 32.9 Å². The zero-order valence-corrected chi connectivity index (χ0v) is 13.2. The second kappa shape index (κ2) is 6.24. The van der Waals surface area contributed by atoms with Crippen molar-refractivity contribution in [1.29, 1.82) is 0 Å². The summed E-state index contributed by atoms with van der Waals surface area (Å²) in [6.45, 7) is 0. The van der Waals surface area contributed by atoms with E-state index in [0.29, 0.717) is 11.3 Å². The van der Waals surface area contributed by atoms with Gasteiger partial charge in [-0.25, -0.2) is 8.42 Å². The van der Waals surface area contributed by atoms with Gasteiger partial charge in [-0.3, -0.25) is 4.31 Å². The zero-order chi connectivity index (χ0) is 15.5. The van der Waals surface area contributed by atoms with Crippen LogP contribution in [0.25, 0.3) is 0 Å². The summed E-state index contributed by atoms with van der Waals surface area (Å²) in [5.41, 5.74) is 7.51. The maximum absolute atomic E-state index is 12.4. The summed E-state index contributed by atoms with van der Waals surface area (Å²) in [5, 5.41) is 0. The van der Waals surface area contributed by atoms with Crippen molar-refractivity contribution in [3.63, 3.8) is 0 Å². The van der Waals surface area contributed by atoms with Crippen molar-refractivity contribution < 1.29 is 8.42 Å². The first-order valence-corrected chi connectivity index (χ1v) is 8.32. The molecule has 2 aromatic carbocycles. The Balaban J connectivity index is 2.28. The summed E-state index contributed by atoms with van der Waals surface area (Å²) in [7, 11) is -1.93. The highest BCUT2D eigenvalue weighted by Gasteiger charge is 2.19. The summed E-state index contributed by atoms with van der Waals surface area (Å²) in [6.07, 6.45) is 0. The lowest BCUT2D eigenvalue weighted by Crippen LogP contribution is -2.28. The van der Waals surface area contributed by atoms with Crippen LogP contribution in [-0.4, -0.2) is 20.5 Å². The molecule has 0 spiro atoms. The summed E-state index contributed by atoms with van der Waals surface area (Å²) in [6, 6.07) is 15.9. The molecule has 2 N–H and O–H groups in total. The van der Waals surface area contributed by atoms with Gasteiger partial charge in [0.1, 0.15) is 4.99 Å². The molecule has 0 radical (unpaired) electrons. The Hall–Kier alpha value is -1.92. The molecule has 0 saturated carbocycles. The number of nitrogens with two attached hydrogens (primary N) is 1. The third-order valence-electron chi connectivity index (χ3n) is 3.10. The molecule has 0 atom stereocenters. The van der Waals surface area contributed by atoms with Crippen LogP contribution in [0, 0.1) is 0 Å². The van der Waals surface area contributed by atoms with Crippen molar-refractivity contribution in [1.82, 2.24) is 0 Å². The molecular weight excluding hydrogens is 304 g/mol. The van der Waals surface area contributed by atoms with Gasteiger partial charge in [0.25, 0.3) is 0 Å². The van der Waals surface area contributed by atoms with Crippen molar-refractivity contribution in [2.45, 2.75) is 5.75 Å². The first-order valence-electron chi connectivity index (χ1n) is 6.30. The molecule has 21 heavy (non-hydrogen) atoms. The molecule has 6 heteroatoms. The van der Waals surface area contributed by atoms with E-state index in [1.807, 2.05) is 18.2 Å². The predicted molar refractivity (Wildman–Crippen MR) is 89.8 cm³/mol. The second-order valence-electron chi connectivity index (χ2n) is 4.62. The lowest BCUT2D eigenvalue weighted by atomic mass is 10.2. The molecule has 4 nitrogen and oxygen atoms in total. The quantitative estimate of drug-likeness (QED) is 0.859. The molecule has 0 aliphatic heterocycles. The first kappa shape index (κ1) is 15.5. The van der Waals surface area contributed by atoms with E-state index in [2.05, 4.69) is 0 Å². The van der Waals surface area contributed by atoms with E-state index >= 15 is 0 Å². The van der Waals surface area contributed by atoms with E-state index in [0.717, 1.165) is 5.56 Å². The Kier molecular flexibility index (Phi) is 4.59. The van der Waals surface area contributed by atoms with Crippen LogP contribution in [0.3, 0.4) is 0 Å². The monoisotopic (exact) mass is 320 g/mol. The number of rotatable bonds is 5. The Morgan fingerprint density at radius 1 is 1.14 bits per heavy atom. The Morgan fingerprint density at radius 2 is 1.81 bits per heavy atom. The molecule has 0 aliphatic rings. The van der Waals surface area contributed by atoms with E-state index in [1.165, 1.54) is 11.4 Å². The van der Waals surface area contributed by atoms with Crippen LogP contribution in [0.15, 0.2) is 54.6 Å². The summed E-state index contributed by atoms with van der Waals surface area (Å²) < 4.78 is 26.1. The lowest BCUT2D eigenvalue weighted by Gasteiger charge is -2.20. The second-order valence-corrected chi connectivity index (χ2v) is 7.06. The number of hydrogen-bond donors (Lipinski definition) is 1. The number of benzene rings is 2. The van der Waals surface area contributed by atoms with Gasteiger partial charge < -0.3 is 5.73 Å². The molecule has 2 rings (SSSR count). The van der Waals surface area contributed by atoms with Gasteiger partial charge >= 0.3 is 0 Å². The maximum Gasteiger partial charge on any atom is 0.239 e. The fraction of sp³-hybridized carbons (Fsp3) is 0.133. The minimum absolute atomic E-state index is 0.0539. The van der Waals surface area contributed by atoms with E-state index in [-0.39, 0.29) is 10.7 Å². The van der Waals surface area contributed by atoms with Gasteiger partial charge in [-0.15, -0.1) is 0 Å². The van der Waals surface area contributed by atoms with Crippen LogP contribution in [0.5, 0.6) is 0 Å². The fourth-order valence-corrected chi connectivity index (χ4v) is 3.27. The van der Waals surface area contributed by atoms with Crippen LogP contribution < -0.4 is 10.0 Å². The Morgan fingerprint density at radius 3 is 2.43 bits per heavy atom. The van der Waals surface area contributed by atoms with Gasteiger partial charge in [0.15, 0.2) is 0 Å². The van der Waals surface area contributed by atoms with E-state index in [1.54, 1.807) is 36.4 Å². The number of sulfonamides is 1. The largest absolute Gasteiger partial charge is 0.389 e. The highest BCUT2D eigenvalue weighted by Crippen LogP contribution is 2.20. The maximum atomic E-state index is 12.4. The van der Waals surface area contributed by atoms with Crippen molar-refractivity contribution in [2.75, 3.05) is 11.4 Å². The first-order chi connectivity index (χ1) is 9.90. The third kappa shape index (κ3) is 3.80. The summed E-state index contributed by atoms with van der Waals surface area (Å²) in [4.78, 5) is 0.241. The molecular formula is C15H16N2O2S2. The van der Waals surface area contributed by atoms with Crippen LogP contribution in [0.4, 0.5) is 5.69 Å². The number of thiocarbonyl (C=S) groups is 1. The van der Waals surface area contributed by atoms with Crippen LogP contribution in [-0.2, 0) is 15.8 Å².